The number of nitriles is 1. The fourth-order valence-corrected chi connectivity index (χ4v) is 3.14. The molecule has 0 bridgehead atoms. The molecule has 2 saturated carbocycles. The quantitative estimate of drug-likeness (QED) is 0.740. The van der Waals surface area contributed by atoms with Gasteiger partial charge < -0.3 is 9.64 Å². The second-order valence-electron chi connectivity index (χ2n) is 5.97. The summed E-state index contributed by atoms with van der Waals surface area (Å²) < 4.78 is 5.13. The molecule has 19 heavy (non-hydrogen) atoms. The van der Waals surface area contributed by atoms with E-state index in [-0.39, 0.29) is 11.9 Å². The minimum absolute atomic E-state index is 0.0453. The molecule has 0 heterocycles. The standard InChI is InChI=1S/C15H24N2O2/c1-12(13-5-6-13)17(9-10-19-2)14(18)15(11-16)7-3-4-8-15/h12-13H,3-10H2,1-2H3. The summed E-state index contributed by atoms with van der Waals surface area (Å²) in [5, 5.41) is 9.47. The minimum Gasteiger partial charge on any atom is -0.383 e. The fraction of sp³-hybridized carbons (Fsp3) is 0.867. The van der Waals surface area contributed by atoms with Gasteiger partial charge in [0.1, 0.15) is 5.41 Å². The Morgan fingerprint density at radius 2 is 2.11 bits per heavy atom. The Morgan fingerprint density at radius 3 is 2.58 bits per heavy atom. The molecule has 1 atom stereocenters. The van der Waals surface area contributed by atoms with Crippen LogP contribution in [0.2, 0.25) is 0 Å². The number of hydrogen-bond donors (Lipinski definition) is 0. The average molecular weight is 264 g/mol. The van der Waals surface area contributed by atoms with Crippen LogP contribution in [0.1, 0.15) is 45.4 Å². The van der Waals surface area contributed by atoms with Gasteiger partial charge in [-0.25, -0.2) is 0 Å². The lowest BCUT2D eigenvalue weighted by Crippen LogP contribution is -2.48. The molecule has 0 saturated heterocycles. The molecule has 0 N–H and O–H groups in total. The Morgan fingerprint density at radius 1 is 1.47 bits per heavy atom. The summed E-state index contributed by atoms with van der Waals surface area (Å²) >= 11 is 0. The highest BCUT2D eigenvalue weighted by molar-refractivity contribution is 5.86. The summed E-state index contributed by atoms with van der Waals surface area (Å²) in [6.45, 7) is 3.27. The third-order valence-corrected chi connectivity index (χ3v) is 4.67. The smallest absolute Gasteiger partial charge is 0.243 e. The number of hydrogen-bond acceptors (Lipinski definition) is 3. The molecule has 0 aromatic heterocycles. The number of ether oxygens (including phenoxy) is 1. The van der Waals surface area contributed by atoms with Gasteiger partial charge in [-0.15, -0.1) is 0 Å². The monoisotopic (exact) mass is 264 g/mol. The number of amides is 1. The van der Waals surface area contributed by atoms with Gasteiger partial charge in [0.2, 0.25) is 5.91 Å². The molecule has 2 aliphatic rings. The van der Waals surface area contributed by atoms with E-state index in [1.807, 2.05) is 4.90 Å². The first-order chi connectivity index (χ1) is 9.14. The lowest BCUT2D eigenvalue weighted by molar-refractivity contribution is -0.142. The molecular formula is C15H24N2O2. The number of nitrogens with zero attached hydrogens (tertiary/aromatic N) is 2. The zero-order valence-electron chi connectivity index (χ0n) is 12.0. The van der Waals surface area contributed by atoms with Crippen molar-refractivity contribution >= 4 is 5.91 Å². The van der Waals surface area contributed by atoms with E-state index in [0.29, 0.717) is 19.1 Å². The SMILES string of the molecule is COCCN(C(=O)C1(C#N)CCCC1)C(C)C1CC1. The topological polar surface area (TPSA) is 53.3 Å². The highest BCUT2D eigenvalue weighted by Gasteiger charge is 2.46. The van der Waals surface area contributed by atoms with Gasteiger partial charge in [-0.1, -0.05) is 12.8 Å². The lowest BCUT2D eigenvalue weighted by atomic mass is 9.85. The minimum atomic E-state index is -0.753. The Kier molecular flexibility index (Phi) is 4.46. The molecule has 106 valence electrons. The zero-order chi connectivity index (χ0) is 13.9. The molecule has 0 spiro atoms. The normalized spacial score (nSPS) is 22.8. The molecule has 4 nitrogen and oxygen atoms in total. The highest BCUT2D eigenvalue weighted by Crippen LogP contribution is 2.42. The van der Waals surface area contributed by atoms with Crippen molar-refractivity contribution in [2.24, 2.45) is 11.3 Å². The van der Waals surface area contributed by atoms with Gasteiger partial charge in [0.05, 0.1) is 12.7 Å². The number of rotatable bonds is 6. The van der Waals surface area contributed by atoms with Gasteiger partial charge in [0.15, 0.2) is 0 Å². The number of carbonyl (C=O) groups is 1. The predicted octanol–water partition coefficient (Wildman–Crippen LogP) is 2.34. The van der Waals surface area contributed by atoms with Crippen molar-refractivity contribution in [3.8, 4) is 6.07 Å². The van der Waals surface area contributed by atoms with Crippen molar-refractivity contribution in [3.05, 3.63) is 0 Å². The highest BCUT2D eigenvalue weighted by atomic mass is 16.5. The molecule has 0 aromatic rings. The molecule has 1 amide bonds. The fourth-order valence-electron chi connectivity index (χ4n) is 3.14. The molecule has 0 aromatic carbocycles. The molecule has 2 rings (SSSR count). The van der Waals surface area contributed by atoms with Crippen molar-refractivity contribution in [3.63, 3.8) is 0 Å². The molecule has 0 aliphatic heterocycles. The average Bonchev–Trinajstić information content (AvgIpc) is 3.16. The maximum absolute atomic E-state index is 12.8. The maximum atomic E-state index is 12.8. The van der Waals surface area contributed by atoms with Gasteiger partial charge in [-0.05, 0) is 38.5 Å². The summed E-state index contributed by atoms with van der Waals surface area (Å²) in [6, 6.07) is 2.56. The maximum Gasteiger partial charge on any atom is 0.243 e. The van der Waals surface area contributed by atoms with Crippen molar-refractivity contribution < 1.29 is 9.53 Å². The van der Waals surface area contributed by atoms with E-state index in [0.717, 1.165) is 25.7 Å². The van der Waals surface area contributed by atoms with Crippen LogP contribution in [-0.4, -0.2) is 37.1 Å². The van der Waals surface area contributed by atoms with Crippen LogP contribution < -0.4 is 0 Å². The number of carbonyl (C=O) groups excluding carboxylic acids is 1. The van der Waals surface area contributed by atoms with E-state index in [9.17, 15) is 10.1 Å². The van der Waals surface area contributed by atoms with Crippen LogP contribution in [0.25, 0.3) is 0 Å². The summed E-state index contributed by atoms with van der Waals surface area (Å²) in [5.41, 5.74) is -0.753. The second-order valence-corrected chi connectivity index (χ2v) is 5.97. The van der Waals surface area contributed by atoms with Gasteiger partial charge >= 0.3 is 0 Å². The van der Waals surface area contributed by atoms with E-state index in [2.05, 4.69) is 13.0 Å². The molecule has 0 radical (unpaired) electrons. The van der Waals surface area contributed by atoms with Crippen molar-refractivity contribution in [2.75, 3.05) is 20.3 Å². The molecule has 2 fully saturated rings. The summed E-state index contributed by atoms with van der Waals surface area (Å²) in [4.78, 5) is 14.7. The van der Waals surface area contributed by atoms with Crippen LogP contribution in [0, 0.1) is 22.7 Å². The first kappa shape index (κ1) is 14.3. The zero-order valence-corrected chi connectivity index (χ0v) is 12.0. The summed E-state index contributed by atoms with van der Waals surface area (Å²) in [5.74, 6) is 0.668. The van der Waals surface area contributed by atoms with E-state index < -0.39 is 5.41 Å². The van der Waals surface area contributed by atoms with E-state index in [1.165, 1.54) is 12.8 Å². The first-order valence-electron chi connectivity index (χ1n) is 7.36. The Bertz CT molecular complexity index is 365. The largest absolute Gasteiger partial charge is 0.383 e. The second kappa shape index (κ2) is 5.92. The molecule has 1 unspecified atom stereocenters. The van der Waals surface area contributed by atoms with Crippen LogP contribution >= 0.6 is 0 Å². The van der Waals surface area contributed by atoms with Crippen LogP contribution in [0.4, 0.5) is 0 Å². The van der Waals surface area contributed by atoms with Gasteiger partial charge in [-0.3, -0.25) is 4.79 Å². The Labute approximate surface area is 115 Å². The molecular weight excluding hydrogens is 240 g/mol. The predicted molar refractivity (Wildman–Crippen MR) is 72.3 cm³/mol. The Balaban J connectivity index is 2.11. The van der Waals surface area contributed by atoms with Crippen molar-refractivity contribution in [1.82, 2.24) is 4.90 Å². The van der Waals surface area contributed by atoms with Crippen LogP contribution in [0.5, 0.6) is 0 Å². The van der Waals surface area contributed by atoms with Crippen molar-refractivity contribution in [1.29, 1.82) is 5.26 Å². The van der Waals surface area contributed by atoms with Crippen LogP contribution in [0.15, 0.2) is 0 Å². The number of methoxy groups -OCH3 is 1. The summed E-state index contributed by atoms with van der Waals surface area (Å²) in [6.07, 6.45) is 5.85. The lowest BCUT2D eigenvalue weighted by Gasteiger charge is -2.34. The van der Waals surface area contributed by atoms with Gasteiger partial charge in [0, 0.05) is 19.7 Å². The van der Waals surface area contributed by atoms with E-state index in [4.69, 9.17) is 4.74 Å². The van der Waals surface area contributed by atoms with Gasteiger partial charge in [-0.2, -0.15) is 5.26 Å². The summed E-state index contributed by atoms with van der Waals surface area (Å²) in [7, 11) is 1.65. The third-order valence-electron chi connectivity index (χ3n) is 4.67. The third kappa shape index (κ3) is 2.92. The van der Waals surface area contributed by atoms with Crippen LogP contribution in [0.3, 0.4) is 0 Å². The first-order valence-corrected chi connectivity index (χ1v) is 7.36. The van der Waals surface area contributed by atoms with E-state index >= 15 is 0 Å². The molecule has 2 aliphatic carbocycles. The van der Waals surface area contributed by atoms with Crippen LogP contribution in [-0.2, 0) is 9.53 Å². The van der Waals surface area contributed by atoms with Crippen molar-refractivity contribution in [2.45, 2.75) is 51.5 Å². The van der Waals surface area contributed by atoms with E-state index in [1.54, 1.807) is 7.11 Å². The van der Waals surface area contributed by atoms with Gasteiger partial charge in [0.25, 0.3) is 0 Å². The Hall–Kier alpha value is -1.08. The molecule has 4 heteroatoms.